The lowest BCUT2D eigenvalue weighted by molar-refractivity contribution is 0.0976. The minimum Gasteiger partial charge on any atom is -0.292 e. The Bertz CT molecular complexity index is 752. The molecular weight excluding hydrogens is 296 g/mol. The van der Waals surface area contributed by atoms with E-state index in [0.29, 0.717) is 5.56 Å². The van der Waals surface area contributed by atoms with E-state index in [1.807, 2.05) is 0 Å². The van der Waals surface area contributed by atoms with Gasteiger partial charge in [-0.1, -0.05) is 29.8 Å². The van der Waals surface area contributed by atoms with Crippen LogP contribution in [-0.2, 0) is 0 Å². The molecule has 0 radical (unpaired) electrons. The Morgan fingerprint density at radius 3 is 2.67 bits per heavy atom. The first-order valence-corrected chi connectivity index (χ1v) is 6.47. The van der Waals surface area contributed by atoms with Crippen molar-refractivity contribution in [3.8, 4) is 6.07 Å². The van der Waals surface area contributed by atoms with Crippen LogP contribution < -0.4 is 0 Å². The summed E-state index contributed by atoms with van der Waals surface area (Å²) in [7, 11) is 0. The van der Waals surface area contributed by atoms with Crippen LogP contribution in [0.5, 0.6) is 0 Å². The second-order valence-electron chi connectivity index (χ2n) is 4.53. The molecule has 21 heavy (non-hydrogen) atoms. The topological polar surface area (TPSA) is 40.9 Å². The highest BCUT2D eigenvalue weighted by molar-refractivity contribution is 6.30. The fraction of sp³-hybridized carbons (Fsp3) is 0.125. The van der Waals surface area contributed by atoms with E-state index in [4.69, 9.17) is 11.6 Å². The van der Waals surface area contributed by atoms with Crippen molar-refractivity contribution in [2.45, 2.75) is 12.8 Å². The Hall–Kier alpha value is -2.25. The molecule has 1 atom stereocenters. The van der Waals surface area contributed by atoms with Crippen LogP contribution in [0.4, 0.5) is 8.78 Å². The quantitative estimate of drug-likeness (QED) is 0.788. The first-order chi connectivity index (χ1) is 9.95. The second-order valence-corrected chi connectivity index (χ2v) is 4.94. The molecule has 2 nitrogen and oxygen atoms in total. The predicted molar refractivity (Wildman–Crippen MR) is 75.2 cm³/mol. The molecule has 2 aromatic rings. The molecule has 0 saturated carbocycles. The van der Waals surface area contributed by atoms with Crippen LogP contribution in [0, 0.1) is 29.9 Å². The summed E-state index contributed by atoms with van der Waals surface area (Å²) in [5.41, 5.74) is 0.462. The molecule has 0 aliphatic rings. The molecule has 0 saturated heterocycles. The van der Waals surface area contributed by atoms with Gasteiger partial charge >= 0.3 is 0 Å². The van der Waals surface area contributed by atoms with E-state index in [1.165, 1.54) is 30.3 Å². The first-order valence-electron chi connectivity index (χ1n) is 6.09. The third-order valence-electron chi connectivity index (χ3n) is 3.15. The van der Waals surface area contributed by atoms with Gasteiger partial charge in [0.2, 0.25) is 0 Å². The molecule has 0 aliphatic carbocycles. The molecule has 0 N–H and O–H groups in total. The summed E-state index contributed by atoms with van der Waals surface area (Å²) in [6.45, 7) is 1.62. The molecule has 2 rings (SSSR count). The molecule has 0 bridgehead atoms. The molecule has 106 valence electrons. The first kappa shape index (κ1) is 15.1. The highest BCUT2D eigenvalue weighted by Gasteiger charge is 2.26. The van der Waals surface area contributed by atoms with Gasteiger partial charge in [0.25, 0.3) is 0 Å². The van der Waals surface area contributed by atoms with Crippen molar-refractivity contribution in [3.05, 3.63) is 69.7 Å². The molecule has 0 amide bonds. The van der Waals surface area contributed by atoms with Crippen molar-refractivity contribution in [2.75, 3.05) is 0 Å². The highest BCUT2D eigenvalue weighted by atomic mass is 35.5. The Balaban J connectivity index is 2.52. The van der Waals surface area contributed by atoms with Crippen LogP contribution in [0.3, 0.4) is 0 Å². The van der Waals surface area contributed by atoms with Crippen molar-refractivity contribution in [2.24, 2.45) is 0 Å². The lowest BCUT2D eigenvalue weighted by Gasteiger charge is -2.12. The number of nitrogens with zero attached hydrogens (tertiary/aromatic N) is 1. The van der Waals surface area contributed by atoms with E-state index in [2.05, 4.69) is 0 Å². The fourth-order valence-electron chi connectivity index (χ4n) is 2.03. The normalized spacial score (nSPS) is 11.8. The molecule has 2 aromatic carbocycles. The SMILES string of the molecule is Cc1ccc(F)cc1C(=O)C(C#N)c1cccc(Cl)c1F. The monoisotopic (exact) mass is 305 g/mol. The van der Waals surface area contributed by atoms with Crippen molar-refractivity contribution in [3.63, 3.8) is 0 Å². The van der Waals surface area contributed by atoms with E-state index in [1.54, 1.807) is 13.0 Å². The summed E-state index contributed by atoms with van der Waals surface area (Å²) in [5.74, 6) is -3.43. The van der Waals surface area contributed by atoms with Gasteiger partial charge in [0.15, 0.2) is 5.78 Å². The van der Waals surface area contributed by atoms with Crippen molar-refractivity contribution in [1.29, 1.82) is 5.26 Å². The number of rotatable bonds is 3. The number of hydrogen-bond acceptors (Lipinski definition) is 2. The Morgan fingerprint density at radius 2 is 2.00 bits per heavy atom. The lowest BCUT2D eigenvalue weighted by atomic mass is 9.89. The smallest absolute Gasteiger partial charge is 0.184 e. The van der Waals surface area contributed by atoms with Gasteiger partial charge in [-0.2, -0.15) is 5.26 Å². The maximum absolute atomic E-state index is 14.0. The van der Waals surface area contributed by atoms with Crippen LogP contribution >= 0.6 is 11.6 Å². The van der Waals surface area contributed by atoms with Gasteiger partial charge < -0.3 is 0 Å². The third-order valence-corrected chi connectivity index (χ3v) is 3.44. The number of carbonyl (C=O) groups is 1. The van der Waals surface area contributed by atoms with E-state index >= 15 is 0 Å². The molecule has 0 fully saturated rings. The maximum Gasteiger partial charge on any atom is 0.184 e. The van der Waals surface area contributed by atoms with Crippen molar-refractivity contribution in [1.82, 2.24) is 0 Å². The summed E-state index contributed by atoms with van der Waals surface area (Å²) in [6, 6.07) is 9.56. The number of benzene rings is 2. The molecule has 5 heteroatoms. The Labute approximate surface area is 125 Å². The zero-order valence-corrected chi connectivity index (χ0v) is 11.8. The summed E-state index contributed by atoms with van der Waals surface area (Å²) >= 11 is 5.67. The van der Waals surface area contributed by atoms with Gasteiger partial charge in [0.1, 0.15) is 17.6 Å². The summed E-state index contributed by atoms with van der Waals surface area (Å²) in [4.78, 5) is 12.4. The number of carbonyl (C=O) groups excluding carboxylic acids is 1. The minimum absolute atomic E-state index is 0.0564. The molecule has 0 aliphatic heterocycles. The van der Waals surface area contributed by atoms with E-state index in [0.717, 1.165) is 6.07 Å². The Morgan fingerprint density at radius 1 is 1.29 bits per heavy atom. The molecule has 0 heterocycles. The van der Waals surface area contributed by atoms with Crippen LogP contribution in [0.15, 0.2) is 36.4 Å². The van der Waals surface area contributed by atoms with Gasteiger partial charge in [0, 0.05) is 11.1 Å². The van der Waals surface area contributed by atoms with Crippen LogP contribution in [0.25, 0.3) is 0 Å². The maximum atomic E-state index is 14.0. The number of halogens is 3. The highest BCUT2D eigenvalue weighted by Crippen LogP contribution is 2.28. The third kappa shape index (κ3) is 2.93. The van der Waals surface area contributed by atoms with Gasteiger partial charge in [-0.15, -0.1) is 0 Å². The molecule has 0 aromatic heterocycles. The van der Waals surface area contributed by atoms with Gasteiger partial charge in [-0.25, -0.2) is 8.78 Å². The lowest BCUT2D eigenvalue weighted by Crippen LogP contribution is -2.14. The van der Waals surface area contributed by atoms with Crippen LogP contribution in [0.1, 0.15) is 27.4 Å². The van der Waals surface area contributed by atoms with Gasteiger partial charge in [-0.3, -0.25) is 4.79 Å². The van der Waals surface area contributed by atoms with Crippen LogP contribution in [-0.4, -0.2) is 5.78 Å². The van der Waals surface area contributed by atoms with Crippen LogP contribution in [0.2, 0.25) is 5.02 Å². The molecular formula is C16H10ClF2NO. The minimum atomic E-state index is -1.37. The number of Topliss-reactive ketones (excluding diaryl/α,β-unsaturated/α-hetero) is 1. The Kier molecular flexibility index (Phi) is 4.35. The van der Waals surface area contributed by atoms with Crippen molar-refractivity contribution >= 4 is 17.4 Å². The molecule has 0 spiro atoms. The largest absolute Gasteiger partial charge is 0.292 e. The summed E-state index contributed by atoms with van der Waals surface area (Å²) in [6.07, 6.45) is 0. The second kappa shape index (κ2) is 6.02. The summed E-state index contributed by atoms with van der Waals surface area (Å²) < 4.78 is 27.3. The van der Waals surface area contributed by atoms with E-state index < -0.39 is 23.3 Å². The average molecular weight is 306 g/mol. The number of nitriles is 1. The number of ketones is 1. The molecule has 1 unspecified atom stereocenters. The number of hydrogen-bond donors (Lipinski definition) is 0. The zero-order chi connectivity index (χ0) is 15.6. The van der Waals surface area contributed by atoms with E-state index in [9.17, 15) is 18.8 Å². The van der Waals surface area contributed by atoms with Crippen molar-refractivity contribution < 1.29 is 13.6 Å². The fourth-order valence-corrected chi connectivity index (χ4v) is 2.21. The summed E-state index contributed by atoms with van der Waals surface area (Å²) in [5, 5.41) is 9.04. The average Bonchev–Trinajstić information content (AvgIpc) is 2.46. The van der Waals surface area contributed by atoms with Gasteiger partial charge in [-0.05, 0) is 30.7 Å². The predicted octanol–water partition coefficient (Wildman–Crippen LogP) is 4.42. The number of aryl methyl sites for hydroxylation is 1. The standard InChI is InChI=1S/C16H10ClF2NO/c1-9-5-6-10(18)7-12(9)16(21)13(8-20)11-3-2-4-14(17)15(11)19/h2-7,13H,1H3. The van der Waals surface area contributed by atoms with Gasteiger partial charge in [0.05, 0.1) is 11.1 Å². The zero-order valence-electron chi connectivity index (χ0n) is 11.0. The van der Waals surface area contributed by atoms with E-state index in [-0.39, 0.29) is 16.1 Å².